The normalized spacial score (nSPS) is 13.4. The Morgan fingerprint density at radius 3 is 2.28 bits per heavy atom. The maximum absolute atomic E-state index is 15.2. The molecule has 0 saturated heterocycles. The van der Waals surface area contributed by atoms with Crippen LogP contribution in [-0.2, 0) is 4.79 Å². The summed E-state index contributed by atoms with van der Waals surface area (Å²) in [5.41, 5.74) is 4.07. The lowest BCUT2D eigenvalue weighted by atomic mass is 9.88. The van der Waals surface area contributed by atoms with Gasteiger partial charge in [-0.25, -0.2) is 9.18 Å². The molecule has 0 radical (unpaired) electrons. The van der Waals surface area contributed by atoms with Gasteiger partial charge in [0.15, 0.2) is 0 Å². The highest BCUT2D eigenvalue weighted by Gasteiger charge is 2.20. The molecule has 4 heteroatoms. The standard InChI is InChI=1S/C25H35FO3/c1-8-12-29-25-21(17(5)6)14-19(16(3)4)15-22(25)20(9-2)23(26)11-10-18(7)13-24(27)28/h10-11,13-17H,8-9,12H2,1-7H3,(H,27,28)/b11-10+,18-13+,23-20+. The molecule has 29 heavy (non-hydrogen) atoms. The van der Waals surface area contributed by atoms with E-state index in [-0.39, 0.29) is 11.7 Å². The van der Waals surface area contributed by atoms with Gasteiger partial charge in [0, 0.05) is 11.6 Å². The molecule has 0 amide bonds. The Morgan fingerprint density at radius 2 is 1.79 bits per heavy atom. The second kappa shape index (κ2) is 11.6. The van der Waals surface area contributed by atoms with Crippen LogP contribution < -0.4 is 4.74 Å². The van der Waals surface area contributed by atoms with Crippen molar-refractivity contribution in [2.75, 3.05) is 6.61 Å². The lowest BCUT2D eigenvalue weighted by Gasteiger charge is -2.22. The van der Waals surface area contributed by atoms with Gasteiger partial charge in [0.25, 0.3) is 0 Å². The molecule has 0 spiro atoms. The van der Waals surface area contributed by atoms with E-state index in [1.165, 1.54) is 12.2 Å². The fraction of sp³-hybridized carbons (Fsp3) is 0.480. The summed E-state index contributed by atoms with van der Waals surface area (Å²) in [5.74, 6) is -0.110. The maximum atomic E-state index is 15.2. The number of aliphatic carboxylic acids is 1. The minimum absolute atomic E-state index is 0.247. The van der Waals surface area contributed by atoms with Gasteiger partial charge in [0.2, 0.25) is 0 Å². The van der Waals surface area contributed by atoms with E-state index in [1.807, 2.05) is 13.0 Å². The number of benzene rings is 1. The van der Waals surface area contributed by atoms with Crippen molar-refractivity contribution in [2.24, 2.45) is 0 Å². The molecule has 0 unspecified atom stereocenters. The first kappa shape index (κ1) is 24.7. The fourth-order valence-electron chi connectivity index (χ4n) is 3.06. The van der Waals surface area contributed by atoms with Gasteiger partial charge in [-0.2, -0.15) is 0 Å². The summed E-state index contributed by atoms with van der Waals surface area (Å²) in [7, 11) is 0. The molecule has 0 aliphatic heterocycles. The summed E-state index contributed by atoms with van der Waals surface area (Å²) in [6, 6.07) is 4.21. The highest BCUT2D eigenvalue weighted by molar-refractivity contribution is 5.81. The van der Waals surface area contributed by atoms with Crippen molar-refractivity contribution >= 4 is 11.5 Å². The molecule has 0 atom stereocenters. The third-order valence-corrected chi connectivity index (χ3v) is 4.69. The lowest BCUT2D eigenvalue weighted by molar-refractivity contribution is -0.131. The van der Waals surface area contributed by atoms with Gasteiger partial charge >= 0.3 is 5.97 Å². The Balaban J connectivity index is 3.67. The van der Waals surface area contributed by atoms with E-state index in [4.69, 9.17) is 9.84 Å². The average molecular weight is 403 g/mol. The molecule has 0 saturated carbocycles. The largest absolute Gasteiger partial charge is 0.493 e. The van der Waals surface area contributed by atoms with Crippen LogP contribution in [0.2, 0.25) is 0 Å². The Kier molecular flexibility index (Phi) is 9.87. The summed E-state index contributed by atoms with van der Waals surface area (Å²) in [5, 5.41) is 8.83. The van der Waals surface area contributed by atoms with Crippen molar-refractivity contribution in [1.82, 2.24) is 0 Å². The lowest BCUT2D eigenvalue weighted by Crippen LogP contribution is -2.06. The van der Waals surface area contributed by atoms with Crippen LogP contribution in [0.15, 0.2) is 41.8 Å². The van der Waals surface area contributed by atoms with Crippen molar-refractivity contribution < 1.29 is 19.0 Å². The molecule has 0 heterocycles. The molecule has 1 rings (SSSR count). The summed E-state index contributed by atoms with van der Waals surface area (Å²) in [6.45, 7) is 14.7. The predicted molar refractivity (Wildman–Crippen MR) is 119 cm³/mol. The molecule has 0 aliphatic carbocycles. The zero-order valence-electron chi connectivity index (χ0n) is 18.8. The smallest absolute Gasteiger partial charge is 0.328 e. The van der Waals surface area contributed by atoms with Crippen molar-refractivity contribution in [3.05, 3.63) is 58.5 Å². The summed E-state index contributed by atoms with van der Waals surface area (Å²) in [4.78, 5) is 10.8. The van der Waals surface area contributed by atoms with Crippen molar-refractivity contribution in [3.63, 3.8) is 0 Å². The van der Waals surface area contributed by atoms with E-state index >= 15 is 4.39 Å². The second-order valence-electron chi connectivity index (χ2n) is 7.88. The highest BCUT2D eigenvalue weighted by Crippen LogP contribution is 2.40. The first-order valence-corrected chi connectivity index (χ1v) is 10.4. The molecule has 160 valence electrons. The maximum Gasteiger partial charge on any atom is 0.328 e. The Labute approximate surface area is 175 Å². The summed E-state index contributed by atoms with van der Waals surface area (Å²) >= 11 is 0. The Hall–Kier alpha value is -2.36. The number of hydrogen-bond donors (Lipinski definition) is 1. The summed E-state index contributed by atoms with van der Waals surface area (Å²) < 4.78 is 21.3. The molecule has 1 aromatic rings. The van der Waals surface area contributed by atoms with Crippen LogP contribution in [-0.4, -0.2) is 17.7 Å². The third kappa shape index (κ3) is 7.19. The van der Waals surface area contributed by atoms with Gasteiger partial charge in [-0.1, -0.05) is 53.7 Å². The molecular weight excluding hydrogens is 367 g/mol. The SMILES string of the molecule is CCCOc1c(\C(CC)=C(F)/C=C/C(C)=C/C(=O)O)cc(C(C)C)cc1C(C)C. The molecule has 0 aliphatic rings. The van der Waals surface area contributed by atoms with Gasteiger partial charge in [-0.15, -0.1) is 0 Å². The molecule has 0 aromatic heterocycles. The van der Waals surface area contributed by atoms with Crippen LogP contribution in [0.3, 0.4) is 0 Å². The number of ether oxygens (including phenoxy) is 1. The van der Waals surface area contributed by atoms with Gasteiger partial charge in [-0.3, -0.25) is 0 Å². The number of rotatable bonds is 10. The highest BCUT2D eigenvalue weighted by atomic mass is 19.1. The topological polar surface area (TPSA) is 46.5 Å². The van der Waals surface area contributed by atoms with Crippen LogP contribution in [0.1, 0.15) is 89.8 Å². The Morgan fingerprint density at radius 1 is 1.14 bits per heavy atom. The molecule has 0 fully saturated rings. The van der Waals surface area contributed by atoms with E-state index in [2.05, 4.69) is 40.7 Å². The van der Waals surface area contributed by atoms with Gasteiger partial charge in [-0.05, 0) is 66.0 Å². The minimum Gasteiger partial charge on any atom is -0.493 e. The zero-order chi connectivity index (χ0) is 22.1. The van der Waals surface area contributed by atoms with E-state index in [0.29, 0.717) is 30.1 Å². The van der Waals surface area contributed by atoms with Gasteiger partial charge < -0.3 is 9.84 Å². The minimum atomic E-state index is -1.05. The number of carboxylic acids is 1. The van der Waals surface area contributed by atoms with E-state index < -0.39 is 5.97 Å². The van der Waals surface area contributed by atoms with Crippen LogP contribution in [0.5, 0.6) is 5.75 Å². The van der Waals surface area contributed by atoms with Crippen molar-refractivity contribution in [2.45, 2.75) is 73.1 Å². The molecule has 1 N–H and O–H groups in total. The van der Waals surface area contributed by atoms with Crippen LogP contribution >= 0.6 is 0 Å². The predicted octanol–water partition coefficient (Wildman–Crippen LogP) is 7.40. The van der Waals surface area contributed by atoms with Crippen LogP contribution in [0, 0.1) is 0 Å². The Bertz CT molecular complexity index is 799. The number of hydrogen-bond acceptors (Lipinski definition) is 2. The van der Waals surface area contributed by atoms with E-state index in [0.717, 1.165) is 34.9 Å². The monoisotopic (exact) mass is 402 g/mol. The van der Waals surface area contributed by atoms with Crippen LogP contribution in [0.25, 0.3) is 5.57 Å². The third-order valence-electron chi connectivity index (χ3n) is 4.69. The van der Waals surface area contributed by atoms with Crippen molar-refractivity contribution in [3.8, 4) is 5.75 Å². The molecular formula is C25H35FO3. The molecule has 1 aromatic carbocycles. The summed E-state index contributed by atoms with van der Waals surface area (Å²) in [6.07, 6.45) is 5.26. The molecule has 0 bridgehead atoms. The first-order chi connectivity index (χ1) is 13.6. The fourth-order valence-corrected chi connectivity index (χ4v) is 3.06. The first-order valence-electron chi connectivity index (χ1n) is 10.4. The zero-order valence-corrected chi connectivity index (χ0v) is 18.8. The van der Waals surface area contributed by atoms with Gasteiger partial charge in [0.05, 0.1) is 6.61 Å². The second-order valence-corrected chi connectivity index (χ2v) is 7.88. The number of allylic oxidation sites excluding steroid dienone is 5. The van der Waals surface area contributed by atoms with Gasteiger partial charge in [0.1, 0.15) is 11.6 Å². The van der Waals surface area contributed by atoms with Crippen LogP contribution in [0.4, 0.5) is 4.39 Å². The quantitative estimate of drug-likeness (QED) is 0.327. The number of carbonyl (C=O) groups is 1. The average Bonchev–Trinajstić information content (AvgIpc) is 2.64. The van der Waals surface area contributed by atoms with Crippen molar-refractivity contribution in [1.29, 1.82) is 0 Å². The number of carboxylic acid groups (broad SMARTS) is 1. The van der Waals surface area contributed by atoms with E-state index in [9.17, 15) is 4.79 Å². The molecule has 3 nitrogen and oxygen atoms in total. The number of halogens is 1. The van der Waals surface area contributed by atoms with E-state index in [1.54, 1.807) is 6.92 Å².